The first-order chi connectivity index (χ1) is 8.49. The number of halogens is 2. The van der Waals surface area contributed by atoms with Crippen LogP contribution in [0.25, 0.3) is 0 Å². The van der Waals surface area contributed by atoms with Gasteiger partial charge in [-0.15, -0.1) is 0 Å². The standard InChI is InChI=1S/C13H18BrFN2S/c1-3-4-5-8-17(2)10-7-6-9(13(16)18)11(14)12(10)15/h6-7H,3-5,8H2,1-2H3,(H2,16,18). The molecule has 100 valence electrons. The van der Waals surface area contributed by atoms with E-state index in [1.165, 1.54) is 0 Å². The smallest absolute Gasteiger partial charge is 0.161 e. The summed E-state index contributed by atoms with van der Waals surface area (Å²) in [5.74, 6) is -0.306. The molecule has 2 nitrogen and oxygen atoms in total. The van der Waals surface area contributed by atoms with E-state index in [1.807, 2.05) is 11.9 Å². The van der Waals surface area contributed by atoms with Crippen molar-refractivity contribution in [2.45, 2.75) is 26.2 Å². The minimum atomic E-state index is -0.306. The lowest BCUT2D eigenvalue weighted by Gasteiger charge is -2.21. The number of unbranched alkanes of at least 4 members (excludes halogenated alkanes) is 2. The molecular formula is C13H18BrFN2S. The highest BCUT2D eigenvalue weighted by Crippen LogP contribution is 2.29. The molecule has 0 radical (unpaired) electrons. The topological polar surface area (TPSA) is 29.3 Å². The van der Waals surface area contributed by atoms with Crippen LogP contribution in [0.1, 0.15) is 31.7 Å². The molecule has 1 aromatic carbocycles. The van der Waals surface area contributed by atoms with Crippen LogP contribution in [-0.4, -0.2) is 18.6 Å². The summed E-state index contributed by atoms with van der Waals surface area (Å²) in [5.41, 5.74) is 6.63. The maximum atomic E-state index is 14.2. The fourth-order valence-corrected chi connectivity index (χ4v) is 2.59. The number of rotatable bonds is 6. The molecule has 0 unspecified atom stereocenters. The van der Waals surface area contributed by atoms with Crippen molar-refractivity contribution in [3.63, 3.8) is 0 Å². The van der Waals surface area contributed by atoms with E-state index < -0.39 is 0 Å². The first-order valence-electron chi connectivity index (χ1n) is 5.98. The number of thiocarbonyl (C=S) groups is 1. The average Bonchev–Trinajstić information content (AvgIpc) is 2.32. The Morgan fingerprint density at radius 2 is 2.11 bits per heavy atom. The van der Waals surface area contributed by atoms with Crippen LogP contribution in [-0.2, 0) is 0 Å². The lowest BCUT2D eigenvalue weighted by Crippen LogP contribution is -2.21. The zero-order chi connectivity index (χ0) is 13.7. The van der Waals surface area contributed by atoms with Gasteiger partial charge in [-0.3, -0.25) is 0 Å². The Labute approximate surface area is 121 Å². The Balaban J connectivity index is 2.90. The van der Waals surface area contributed by atoms with Crippen molar-refractivity contribution in [2.24, 2.45) is 5.73 Å². The van der Waals surface area contributed by atoms with E-state index in [-0.39, 0.29) is 10.8 Å². The van der Waals surface area contributed by atoms with Gasteiger partial charge in [0.15, 0.2) is 5.82 Å². The molecule has 0 atom stereocenters. The summed E-state index contributed by atoms with van der Waals surface area (Å²) in [6.45, 7) is 2.98. The first-order valence-corrected chi connectivity index (χ1v) is 7.18. The van der Waals surface area contributed by atoms with E-state index >= 15 is 0 Å². The molecule has 18 heavy (non-hydrogen) atoms. The lowest BCUT2D eigenvalue weighted by atomic mass is 10.1. The Morgan fingerprint density at radius 3 is 2.67 bits per heavy atom. The highest BCUT2D eigenvalue weighted by Gasteiger charge is 2.15. The van der Waals surface area contributed by atoms with Crippen molar-refractivity contribution in [2.75, 3.05) is 18.5 Å². The summed E-state index contributed by atoms with van der Waals surface area (Å²) in [4.78, 5) is 2.11. The van der Waals surface area contributed by atoms with Crippen LogP contribution in [0.2, 0.25) is 0 Å². The van der Waals surface area contributed by atoms with Gasteiger partial charge in [0.05, 0.1) is 10.2 Å². The van der Waals surface area contributed by atoms with Gasteiger partial charge in [-0.05, 0) is 34.5 Å². The van der Waals surface area contributed by atoms with Crippen LogP contribution in [0.4, 0.5) is 10.1 Å². The van der Waals surface area contributed by atoms with Crippen molar-refractivity contribution in [3.05, 3.63) is 28.0 Å². The van der Waals surface area contributed by atoms with Crippen LogP contribution in [0, 0.1) is 5.82 Å². The van der Waals surface area contributed by atoms with E-state index in [0.29, 0.717) is 15.7 Å². The zero-order valence-corrected chi connectivity index (χ0v) is 13.1. The van der Waals surface area contributed by atoms with Gasteiger partial charge in [0.25, 0.3) is 0 Å². The van der Waals surface area contributed by atoms with Crippen LogP contribution in [0.5, 0.6) is 0 Å². The van der Waals surface area contributed by atoms with Gasteiger partial charge in [-0.25, -0.2) is 4.39 Å². The summed E-state index contributed by atoms with van der Waals surface area (Å²) in [7, 11) is 1.89. The maximum absolute atomic E-state index is 14.2. The SMILES string of the molecule is CCCCCN(C)c1ccc(C(N)=S)c(Br)c1F. The van der Waals surface area contributed by atoms with Crippen molar-refractivity contribution >= 4 is 38.8 Å². The van der Waals surface area contributed by atoms with Gasteiger partial charge >= 0.3 is 0 Å². The molecular weight excluding hydrogens is 315 g/mol. The molecule has 0 aliphatic heterocycles. The van der Waals surface area contributed by atoms with E-state index in [0.717, 1.165) is 25.8 Å². The summed E-state index contributed by atoms with van der Waals surface area (Å²) < 4.78 is 14.5. The number of benzene rings is 1. The fraction of sp³-hybridized carbons (Fsp3) is 0.462. The molecule has 0 heterocycles. The molecule has 1 rings (SSSR count). The molecule has 0 fully saturated rings. The molecule has 0 bridgehead atoms. The van der Waals surface area contributed by atoms with Crippen LogP contribution in [0.15, 0.2) is 16.6 Å². The third-order valence-corrected chi connectivity index (χ3v) is 3.83. The van der Waals surface area contributed by atoms with Gasteiger partial charge < -0.3 is 10.6 Å². The second-order valence-electron chi connectivity index (χ2n) is 4.25. The third-order valence-electron chi connectivity index (χ3n) is 2.84. The van der Waals surface area contributed by atoms with Gasteiger partial charge in [-0.1, -0.05) is 32.0 Å². The summed E-state index contributed by atoms with van der Waals surface area (Å²) in [6, 6.07) is 3.47. The van der Waals surface area contributed by atoms with E-state index in [4.69, 9.17) is 18.0 Å². The Kier molecular flexibility index (Phi) is 6.02. The number of hydrogen-bond donors (Lipinski definition) is 1. The Morgan fingerprint density at radius 1 is 1.44 bits per heavy atom. The normalized spacial score (nSPS) is 10.4. The molecule has 0 aliphatic rings. The maximum Gasteiger partial charge on any atom is 0.161 e. The number of nitrogens with zero attached hydrogens (tertiary/aromatic N) is 1. The molecule has 2 N–H and O–H groups in total. The van der Waals surface area contributed by atoms with Crippen molar-refractivity contribution in [1.82, 2.24) is 0 Å². The highest BCUT2D eigenvalue weighted by atomic mass is 79.9. The Hall–Kier alpha value is -0.680. The Bertz CT molecular complexity index is 437. The van der Waals surface area contributed by atoms with Crippen molar-refractivity contribution < 1.29 is 4.39 Å². The van der Waals surface area contributed by atoms with Crippen molar-refractivity contribution in [3.8, 4) is 0 Å². The van der Waals surface area contributed by atoms with Gasteiger partial charge in [0.1, 0.15) is 4.99 Å². The molecule has 0 aromatic heterocycles. The third kappa shape index (κ3) is 3.65. The van der Waals surface area contributed by atoms with Crippen LogP contribution in [0.3, 0.4) is 0 Å². The van der Waals surface area contributed by atoms with E-state index in [2.05, 4.69) is 22.9 Å². The number of anilines is 1. The quantitative estimate of drug-likeness (QED) is 0.633. The van der Waals surface area contributed by atoms with E-state index in [9.17, 15) is 4.39 Å². The fourth-order valence-electron chi connectivity index (χ4n) is 1.74. The first kappa shape index (κ1) is 15.4. The molecule has 0 amide bonds. The van der Waals surface area contributed by atoms with Crippen LogP contribution < -0.4 is 10.6 Å². The van der Waals surface area contributed by atoms with Gasteiger partial charge in [-0.2, -0.15) is 0 Å². The monoisotopic (exact) mass is 332 g/mol. The molecule has 0 saturated carbocycles. The largest absolute Gasteiger partial charge is 0.389 e. The van der Waals surface area contributed by atoms with Crippen LogP contribution >= 0.6 is 28.1 Å². The molecule has 0 saturated heterocycles. The molecule has 0 spiro atoms. The lowest BCUT2D eigenvalue weighted by molar-refractivity contribution is 0.611. The average molecular weight is 333 g/mol. The second kappa shape index (κ2) is 7.04. The van der Waals surface area contributed by atoms with Crippen molar-refractivity contribution in [1.29, 1.82) is 0 Å². The highest BCUT2D eigenvalue weighted by molar-refractivity contribution is 9.10. The molecule has 5 heteroatoms. The minimum absolute atomic E-state index is 0.195. The summed E-state index contributed by atoms with van der Waals surface area (Å²) in [5, 5.41) is 0. The van der Waals surface area contributed by atoms with Gasteiger partial charge in [0, 0.05) is 19.2 Å². The summed E-state index contributed by atoms with van der Waals surface area (Å²) in [6.07, 6.45) is 3.36. The molecule has 1 aromatic rings. The van der Waals surface area contributed by atoms with E-state index in [1.54, 1.807) is 12.1 Å². The summed E-state index contributed by atoms with van der Waals surface area (Å²) >= 11 is 8.08. The van der Waals surface area contributed by atoms with Gasteiger partial charge in [0.2, 0.25) is 0 Å². The minimum Gasteiger partial charge on any atom is -0.389 e. The zero-order valence-electron chi connectivity index (χ0n) is 10.7. The molecule has 0 aliphatic carbocycles. The predicted octanol–water partition coefficient (Wildman–Crippen LogP) is 3.85. The number of hydrogen-bond acceptors (Lipinski definition) is 2. The second-order valence-corrected chi connectivity index (χ2v) is 5.49. The predicted molar refractivity (Wildman–Crippen MR) is 82.8 cm³/mol. The number of nitrogens with two attached hydrogens (primary N) is 1.